The van der Waals surface area contributed by atoms with Crippen LogP contribution in [0.4, 0.5) is 8.78 Å². The highest BCUT2D eigenvalue weighted by molar-refractivity contribution is 5.86. The minimum Gasteiger partial charge on any atom is -0.480 e. The van der Waals surface area contributed by atoms with Gasteiger partial charge in [-0.1, -0.05) is 0 Å². The van der Waals surface area contributed by atoms with Gasteiger partial charge in [-0.05, 0) is 19.1 Å². The zero-order chi connectivity index (χ0) is 10.6. The topological polar surface area (TPSA) is 50.4 Å². The van der Waals surface area contributed by atoms with E-state index in [1.54, 1.807) is 6.92 Å². The van der Waals surface area contributed by atoms with Crippen molar-refractivity contribution in [3.8, 4) is 0 Å². The van der Waals surface area contributed by atoms with Crippen LogP contribution in [0, 0.1) is 6.92 Å². The van der Waals surface area contributed by atoms with E-state index in [1.807, 2.05) is 0 Å². The Hall–Kier alpha value is -1.39. The van der Waals surface area contributed by atoms with Gasteiger partial charge in [-0.15, -0.1) is 0 Å². The summed E-state index contributed by atoms with van der Waals surface area (Å²) in [5.74, 6) is -4.45. The maximum Gasteiger partial charge on any atom is 0.323 e. The van der Waals surface area contributed by atoms with Crippen LogP contribution in [-0.2, 0) is 10.2 Å². The second-order valence-corrected chi connectivity index (χ2v) is 3.50. The van der Waals surface area contributed by atoms with E-state index in [4.69, 9.17) is 9.52 Å². The van der Waals surface area contributed by atoms with Gasteiger partial charge in [-0.2, -0.15) is 0 Å². The van der Waals surface area contributed by atoms with Crippen molar-refractivity contribution in [3.05, 3.63) is 23.7 Å². The molecule has 0 radical (unpaired) electrons. The monoisotopic (exact) mass is 202 g/mol. The summed E-state index contributed by atoms with van der Waals surface area (Å²) in [6, 6.07) is 2.78. The Morgan fingerprint density at radius 3 is 2.43 bits per heavy atom. The maximum absolute atomic E-state index is 13.0. The maximum atomic E-state index is 13.0. The van der Waals surface area contributed by atoms with Gasteiger partial charge in [-0.25, -0.2) is 8.78 Å². The second-order valence-electron chi connectivity index (χ2n) is 3.50. The molecule has 1 N–H and O–H groups in total. The molecular weight excluding hydrogens is 194 g/mol. The van der Waals surface area contributed by atoms with Crippen LogP contribution in [-0.4, -0.2) is 17.0 Å². The lowest BCUT2D eigenvalue weighted by molar-refractivity contribution is -0.143. The minimum absolute atomic E-state index is 0.160. The summed E-state index contributed by atoms with van der Waals surface area (Å²) in [5, 5.41) is 8.76. The Kier molecular flexibility index (Phi) is 1.54. The summed E-state index contributed by atoms with van der Waals surface area (Å²) in [5.41, 5.74) is -2.12. The fourth-order valence-electron chi connectivity index (χ4n) is 1.56. The molecular formula is C9H8F2O3. The lowest BCUT2D eigenvalue weighted by atomic mass is 10.0. The van der Waals surface area contributed by atoms with Gasteiger partial charge in [-0.3, -0.25) is 4.79 Å². The molecule has 1 fully saturated rings. The third-order valence-electron chi connectivity index (χ3n) is 2.51. The number of rotatable bonds is 2. The summed E-state index contributed by atoms with van der Waals surface area (Å²) in [6.07, 6.45) is -0.678. The zero-order valence-electron chi connectivity index (χ0n) is 7.38. The first-order valence-corrected chi connectivity index (χ1v) is 4.08. The van der Waals surface area contributed by atoms with Gasteiger partial charge in [0.2, 0.25) is 0 Å². The molecule has 5 heteroatoms. The summed E-state index contributed by atoms with van der Waals surface area (Å²) in [4.78, 5) is 10.8. The fourth-order valence-corrected chi connectivity index (χ4v) is 1.56. The van der Waals surface area contributed by atoms with Gasteiger partial charge in [0.05, 0.1) is 0 Å². The van der Waals surface area contributed by atoms with Gasteiger partial charge in [0.15, 0.2) is 5.41 Å². The zero-order valence-corrected chi connectivity index (χ0v) is 7.38. The van der Waals surface area contributed by atoms with E-state index in [2.05, 4.69) is 0 Å². The Balaban J connectivity index is 2.46. The molecule has 0 saturated heterocycles. The molecule has 1 atom stereocenters. The molecule has 1 aliphatic rings. The average Bonchev–Trinajstić information content (AvgIpc) is 2.44. The Labute approximate surface area is 78.3 Å². The van der Waals surface area contributed by atoms with Crippen LogP contribution in [0.5, 0.6) is 0 Å². The summed E-state index contributed by atoms with van der Waals surface area (Å²) >= 11 is 0. The van der Waals surface area contributed by atoms with Gasteiger partial charge in [0.25, 0.3) is 5.92 Å². The normalized spacial score (nSPS) is 28.8. The number of aliphatic carboxylic acids is 1. The highest BCUT2D eigenvalue weighted by Crippen LogP contribution is 2.61. The average molecular weight is 202 g/mol. The Bertz CT molecular complexity index is 397. The smallest absolute Gasteiger partial charge is 0.323 e. The first-order valence-electron chi connectivity index (χ1n) is 4.08. The summed E-state index contributed by atoms with van der Waals surface area (Å²) < 4.78 is 30.9. The summed E-state index contributed by atoms with van der Waals surface area (Å²) in [6.45, 7) is 1.58. The Morgan fingerprint density at radius 1 is 1.57 bits per heavy atom. The predicted octanol–water partition coefficient (Wildman–Crippen LogP) is 1.95. The number of carboxylic acid groups (broad SMARTS) is 1. The van der Waals surface area contributed by atoms with Crippen LogP contribution in [0.15, 0.2) is 16.5 Å². The number of alkyl halides is 2. The van der Waals surface area contributed by atoms with Gasteiger partial charge >= 0.3 is 5.97 Å². The number of carbonyl (C=O) groups is 1. The molecule has 2 rings (SSSR count). The first-order chi connectivity index (χ1) is 6.40. The Morgan fingerprint density at radius 2 is 2.14 bits per heavy atom. The van der Waals surface area contributed by atoms with E-state index in [9.17, 15) is 13.6 Å². The van der Waals surface area contributed by atoms with Crippen molar-refractivity contribution in [1.82, 2.24) is 0 Å². The quantitative estimate of drug-likeness (QED) is 0.797. The highest BCUT2D eigenvalue weighted by atomic mass is 19.3. The fraction of sp³-hybridized carbons (Fsp3) is 0.444. The van der Waals surface area contributed by atoms with Crippen LogP contribution >= 0.6 is 0 Å². The van der Waals surface area contributed by atoms with Gasteiger partial charge in [0, 0.05) is 6.42 Å². The van der Waals surface area contributed by atoms with Crippen LogP contribution < -0.4 is 0 Å². The van der Waals surface area contributed by atoms with Crippen LogP contribution in [0.25, 0.3) is 0 Å². The number of furan rings is 1. The molecule has 0 amide bonds. The summed E-state index contributed by atoms with van der Waals surface area (Å²) in [7, 11) is 0. The third kappa shape index (κ3) is 0.921. The molecule has 0 bridgehead atoms. The van der Waals surface area contributed by atoms with Crippen molar-refractivity contribution in [2.45, 2.75) is 24.7 Å². The van der Waals surface area contributed by atoms with E-state index in [0.29, 0.717) is 5.76 Å². The van der Waals surface area contributed by atoms with E-state index in [1.165, 1.54) is 12.1 Å². The molecule has 0 aliphatic heterocycles. The van der Waals surface area contributed by atoms with E-state index >= 15 is 0 Å². The number of hydrogen-bond acceptors (Lipinski definition) is 2. The molecule has 76 valence electrons. The molecule has 1 saturated carbocycles. The van der Waals surface area contributed by atoms with Crippen molar-refractivity contribution in [2.75, 3.05) is 0 Å². The predicted molar refractivity (Wildman–Crippen MR) is 42.3 cm³/mol. The van der Waals surface area contributed by atoms with Crippen molar-refractivity contribution in [1.29, 1.82) is 0 Å². The van der Waals surface area contributed by atoms with Crippen molar-refractivity contribution in [2.24, 2.45) is 0 Å². The molecule has 0 spiro atoms. The van der Waals surface area contributed by atoms with E-state index < -0.39 is 23.7 Å². The molecule has 1 aromatic heterocycles. The third-order valence-corrected chi connectivity index (χ3v) is 2.51. The van der Waals surface area contributed by atoms with Crippen LogP contribution in [0.2, 0.25) is 0 Å². The van der Waals surface area contributed by atoms with E-state index in [-0.39, 0.29) is 5.76 Å². The van der Waals surface area contributed by atoms with Crippen molar-refractivity contribution in [3.63, 3.8) is 0 Å². The van der Waals surface area contributed by atoms with Crippen LogP contribution in [0.3, 0.4) is 0 Å². The number of carboxylic acids is 1. The lowest BCUT2D eigenvalue weighted by Gasteiger charge is -2.06. The number of aryl methyl sites for hydroxylation is 1. The highest BCUT2D eigenvalue weighted by Gasteiger charge is 2.79. The molecule has 0 aromatic carbocycles. The molecule has 1 unspecified atom stereocenters. The molecule has 1 heterocycles. The lowest BCUT2D eigenvalue weighted by Crippen LogP contribution is -2.26. The van der Waals surface area contributed by atoms with Crippen molar-refractivity contribution < 1.29 is 23.1 Å². The van der Waals surface area contributed by atoms with Gasteiger partial charge < -0.3 is 9.52 Å². The minimum atomic E-state index is -3.19. The number of hydrogen-bond donors (Lipinski definition) is 1. The van der Waals surface area contributed by atoms with E-state index in [0.717, 1.165) is 0 Å². The molecule has 1 aromatic rings. The molecule has 3 nitrogen and oxygen atoms in total. The standard InChI is InChI=1S/C9H8F2O3/c1-5-2-3-6(14-5)8(7(12)13)4-9(8,10)11/h2-3H,4H2,1H3,(H,12,13). The largest absolute Gasteiger partial charge is 0.480 e. The second kappa shape index (κ2) is 2.34. The number of halogens is 2. The van der Waals surface area contributed by atoms with Crippen molar-refractivity contribution >= 4 is 5.97 Å². The SMILES string of the molecule is Cc1ccc(C2(C(=O)O)CC2(F)F)o1. The first kappa shape index (κ1) is 9.18. The molecule has 14 heavy (non-hydrogen) atoms. The van der Waals surface area contributed by atoms with Crippen LogP contribution in [0.1, 0.15) is 17.9 Å². The molecule has 1 aliphatic carbocycles. The van der Waals surface area contributed by atoms with Gasteiger partial charge in [0.1, 0.15) is 11.5 Å².